The highest BCUT2D eigenvalue weighted by Gasteiger charge is 2.52. The minimum atomic E-state index is -2.38. The molecule has 3 rings (SSSR count). The SMILES string of the molecule is COc1cccc(NNC2(O)C(=O)c3ccc(OC)cc3C2=O)c1. The zero-order chi connectivity index (χ0) is 17.3. The summed E-state index contributed by atoms with van der Waals surface area (Å²) in [4.78, 5) is 24.9. The fourth-order valence-corrected chi connectivity index (χ4v) is 2.51. The van der Waals surface area contributed by atoms with Gasteiger partial charge in [0.05, 0.1) is 19.9 Å². The molecular formula is C17H16N2O5. The third kappa shape index (κ3) is 2.49. The number of anilines is 1. The lowest BCUT2D eigenvalue weighted by Gasteiger charge is -2.22. The number of ether oxygens (including phenoxy) is 2. The molecule has 1 aliphatic rings. The molecule has 0 saturated heterocycles. The van der Waals surface area contributed by atoms with Crippen LogP contribution in [0.4, 0.5) is 5.69 Å². The quantitative estimate of drug-likeness (QED) is 0.433. The van der Waals surface area contributed by atoms with E-state index in [4.69, 9.17) is 9.47 Å². The highest BCUT2D eigenvalue weighted by atomic mass is 16.5. The highest BCUT2D eigenvalue weighted by Crippen LogP contribution is 2.31. The highest BCUT2D eigenvalue weighted by molar-refractivity contribution is 6.31. The third-order valence-electron chi connectivity index (χ3n) is 3.83. The van der Waals surface area contributed by atoms with E-state index >= 15 is 0 Å². The van der Waals surface area contributed by atoms with Gasteiger partial charge in [-0.15, -0.1) is 0 Å². The smallest absolute Gasteiger partial charge is 0.262 e. The molecule has 124 valence electrons. The number of carbonyl (C=O) groups excluding carboxylic acids is 2. The van der Waals surface area contributed by atoms with Gasteiger partial charge in [-0.3, -0.25) is 9.59 Å². The molecule has 0 aromatic heterocycles. The first-order valence-corrected chi connectivity index (χ1v) is 7.17. The van der Waals surface area contributed by atoms with Gasteiger partial charge in [0.15, 0.2) is 0 Å². The molecular weight excluding hydrogens is 312 g/mol. The predicted molar refractivity (Wildman–Crippen MR) is 86.4 cm³/mol. The Bertz CT molecular complexity index is 820. The van der Waals surface area contributed by atoms with Crippen molar-refractivity contribution in [2.45, 2.75) is 5.72 Å². The largest absolute Gasteiger partial charge is 0.497 e. The zero-order valence-corrected chi connectivity index (χ0v) is 13.1. The number of fused-ring (bicyclic) bond motifs is 1. The van der Waals surface area contributed by atoms with Gasteiger partial charge < -0.3 is 20.0 Å². The number of hydrogen-bond acceptors (Lipinski definition) is 7. The minimum absolute atomic E-state index is 0.113. The van der Waals surface area contributed by atoms with Crippen molar-refractivity contribution < 1.29 is 24.2 Å². The van der Waals surface area contributed by atoms with Gasteiger partial charge in [0, 0.05) is 17.2 Å². The van der Waals surface area contributed by atoms with Crippen molar-refractivity contribution in [3.63, 3.8) is 0 Å². The second-order valence-electron chi connectivity index (χ2n) is 5.26. The minimum Gasteiger partial charge on any atom is -0.497 e. The molecule has 7 heteroatoms. The summed E-state index contributed by atoms with van der Waals surface area (Å²) in [5.74, 6) is -0.442. The number of carbonyl (C=O) groups is 2. The summed E-state index contributed by atoms with van der Waals surface area (Å²) in [5.41, 5.74) is 3.50. The lowest BCUT2D eigenvalue weighted by Crippen LogP contribution is -2.56. The Morgan fingerprint density at radius 1 is 0.917 bits per heavy atom. The average molecular weight is 328 g/mol. The topological polar surface area (TPSA) is 96.9 Å². The Balaban J connectivity index is 1.85. The molecule has 0 fully saturated rings. The van der Waals surface area contributed by atoms with Crippen LogP contribution in [0.25, 0.3) is 0 Å². The molecule has 0 spiro atoms. The monoisotopic (exact) mass is 328 g/mol. The molecule has 0 aliphatic heterocycles. The fraction of sp³-hybridized carbons (Fsp3) is 0.176. The maximum Gasteiger partial charge on any atom is 0.262 e. The molecule has 7 nitrogen and oxygen atoms in total. The summed E-state index contributed by atoms with van der Waals surface area (Å²) in [6, 6.07) is 11.3. The van der Waals surface area contributed by atoms with Crippen molar-refractivity contribution >= 4 is 17.3 Å². The first kappa shape index (κ1) is 16.0. The van der Waals surface area contributed by atoms with Crippen molar-refractivity contribution in [1.82, 2.24) is 5.43 Å². The predicted octanol–water partition coefficient (Wildman–Crippen LogP) is 1.39. The summed E-state index contributed by atoms with van der Waals surface area (Å²) < 4.78 is 10.1. The van der Waals surface area contributed by atoms with Gasteiger partial charge in [-0.2, -0.15) is 5.43 Å². The molecule has 0 radical (unpaired) electrons. The molecule has 24 heavy (non-hydrogen) atoms. The second kappa shape index (κ2) is 5.95. The Morgan fingerprint density at radius 3 is 2.29 bits per heavy atom. The van der Waals surface area contributed by atoms with E-state index in [9.17, 15) is 14.7 Å². The number of rotatable bonds is 5. The second-order valence-corrected chi connectivity index (χ2v) is 5.26. The Kier molecular flexibility index (Phi) is 3.96. The average Bonchev–Trinajstić information content (AvgIpc) is 2.81. The van der Waals surface area contributed by atoms with Gasteiger partial charge in [-0.05, 0) is 30.3 Å². The number of nitrogens with one attached hydrogen (secondary N) is 2. The zero-order valence-electron chi connectivity index (χ0n) is 13.1. The lowest BCUT2D eigenvalue weighted by atomic mass is 10.1. The van der Waals surface area contributed by atoms with E-state index in [1.54, 1.807) is 30.3 Å². The Morgan fingerprint density at radius 2 is 1.58 bits per heavy atom. The number of hydrogen-bond donors (Lipinski definition) is 3. The van der Waals surface area contributed by atoms with Crippen LogP contribution in [0.3, 0.4) is 0 Å². The number of aliphatic hydroxyl groups is 1. The van der Waals surface area contributed by atoms with Crippen molar-refractivity contribution in [2.75, 3.05) is 19.6 Å². The summed E-state index contributed by atoms with van der Waals surface area (Å²) in [7, 11) is 2.98. The molecule has 2 aromatic carbocycles. The molecule has 0 saturated carbocycles. The van der Waals surface area contributed by atoms with E-state index < -0.39 is 17.3 Å². The van der Waals surface area contributed by atoms with Gasteiger partial charge in [0.1, 0.15) is 11.5 Å². The van der Waals surface area contributed by atoms with Crippen LogP contribution >= 0.6 is 0 Å². The van der Waals surface area contributed by atoms with E-state index in [1.165, 1.54) is 26.4 Å². The molecule has 1 aliphatic carbocycles. The molecule has 0 heterocycles. The van der Waals surface area contributed by atoms with Gasteiger partial charge in [-0.1, -0.05) is 6.07 Å². The van der Waals surface area contributed by atoms with Crippen LogP contribution in [-0.2, 0) is 0 Å². The van der Waals surface area contributed by atoms with E-state index in [-0.39, 0.29) is 11.1 Å². The van der Waals surface area contributed by atoms with Crippen LogP contribution in [0.2, 0.25) is 0 Å². The Labute approximate surface area is 138 Å². The van der Waals surface area contributed by atoms with Crippen LogP contribution in [-0.4, -0.2) is 36.6 Å². The van der Waals surface area contributed by atoms with Crippen LogP contribution in [0.15, 0.2) is 42.5 Å². The fourth-order valence-electron chi connectivity index (χ4n) is 2.51. The van der Waals surface area contributed by atoms with Gasteiger partial charge in [-0.25, -0.2) is 0 Å². The standard InChI is InChI=1S/C17H16N2O5/c1-23-11-5-3-4-10(8-11)18-19-17(22)15(20)13-7-6-12(24-2)9-14(13)16(17)21/h3-9,18-19,22H,1-2H3. The van der Waals surface area contributed by atoms with Crippen molar-refractivity contribution in [3.05, 3.63) is 53.6 Å². The summed E-state index contributed by atoms with van der Waals surface area (Å²) in [5, 5.41) is 10.6. The van der Waals surface area contributed by atoms with Gasteiger partial charge >= 0.3 is 0 Å². The summed E-state index contributed by atoms with van der Waals surface area (Å²) in [6.07, 6.45) is 0. The molecule has 1 unspecified atom stereocenters. The van der Waals surface area contributed by atoms with E-state index in [1.807, 2.05) is 0 Å². The maximum atomic E-state index is 12.5. The normalized spacial score (nSPS) is 19.1. The van der Waals surface area contributed by atoms with Crippen molar-refractivity contribution in [1.29, 1.82) is 0 Å². The summed E-state index contributed by atoms with van der Waals surface area (Å²) >= 11 is 0. The third-order valence-corrected chi connectivity index (χ3v) is 3.83. The first-order chi connectivity index (χ1) is 11.5. The number of ketones is 2. The molecule has 2 aromatic rings. The number of hydrazine groups is 1. The Hall–Kier alpha value is -2.90. The molecule has 1 atom stereocenters. The lowest BCUT2D eigenvalue weighted by molar-refractivity contribution is 0.0230. The van der Waals surface area contributed by atoms with E-state index in [0.717, 1.165) is 0 Å². The van der Waals surface area contributed by atoms with Gasteiger partial charge in [0.2, 0.25) is 11.6 Å². The van der Waals surface area contributed by atoms with Crippen LogP contribution in [0.5, 0.6) is 11.5 Å². The first-order valence-electron chi connectivity index (χ1n) is 7.17. The van der Waals surface area contributed by atoms with Crippen LogP contribution in [0.1, 0.15) is 20.7 Å². The van der Waals surface area contributed by atoms with E-state index in [0.29, 0.717) is 17.2 Å². The maximum absolute atomic E-state index is 12.5. The van der Waals surface area contributed by atoms with E-state index in [2.05, 4.69) is 10.9 Å². The number of benzene rings is 2. The number of Topliss-reactive ketones (excluding diaryl/α,β-unsaturated/α-hetero) is 2. The van der Waals surface area contributed by atoms with Crippen molar-refractivity contribution in [2.24, 2.45) is 0 Å². The number of methoxy groups -OCH3 is 2. The molecule has 0 amide bonds. The van der Waals surface area contributed by atoms with Crippen LogP contribution < -0.4 is 20.3 Å². The molecule has 0 bridgehead atoms. The van der Waals surface area contributed by atoms with Crippen molar-refractivity contribution in [3.8, 4) is 11.5 Å². The van der Waals surface area contributed by atoms with Crippen LogP contribution in [0, 0.1) is 0 Å². The van der Waals surface area contributed by atoms with Gasteiger partial charge in [0.25, 0.3) is 5.72 Å². The molecule has 3 N–H and O–H groups in total. The summed E-state index contributed by atoms with van der Waals surface area (Å²) in [6.45, 7) is 0.